The van der Waals surface area contributed by atoms with Gasteiger partial charge in [-0.1, -0.05) is 29.8 Å². The van der Waals surface area contributed by atoms with Gasteiger partial charge in [-0.2, -0.15) is 0 Å². The number of aryl methyl sites for hydroxylation is 1. The van der Waals surface area contributed by atoms with Gasteiger partial charge in [0.2, 0.25) is 0 Å². The van der Waals surface area contributed by atoms with Gasteiger partial charge in [0.05, 0.1) is 0 Å². The standard InChI is InChI=1S/C8H11N.C2H7N/c1-7-2-4-8(6-9)5-3-7;1-3-2/h2-5H,6,9H2,1H3;3H,1-2H3. The van der Waals surface area contributed by atoms with E-state index in [2.05, 4.69) is 36.5 Å². The normalized spacial score (nSPS) is 8.67. The van der Waals surface area contributed by atoms with Crippen molar-refractivity contribution in [1.29, 1.82) is 0 Å². The first-order chi connectivity index (χ1) is 5.74. The highest BCUT2D eigenvalue weighted by Gasteiger charge is 1.84. The predicted molar refractivity (Wildman–Crippen MR) is 54.1 cm³/mol. The molecule has 0 aliphatic carbocycles. The fraction of sp³-hybridized carbons (Fsp3) is 0.400. The maximum atomic E-state index is 5.40. The molecule has 1 rings (SSSR count). The van der Waals surface area contributed by atoms with E-state index in [0.29, 0.717) is 6.54 Å². The van der Waals surface area contributed by atoms with Gasteiger partial charge in [-0.15, -0.1) is 0 Å². The highest BCUT2D eigenvalue weighted by Crippen LogP contribution is 2.00. The van der Waals surface area contributed by atoms with E-state index in [-0.39, 0.29) is 0 Å². The van der Waals surface area contributed by atoms with E-state index < -0.39 is 0 Å². The zero-order valence-corrected chi connectivity index (χ0v) is 8.09. The molecule has 0 aliphatic heterocycles. The minimum atomic E-state index is 0.639. The number of nitrogens with two attached hydrogens (primary N) is 1. The van der Waals surface area contributed by atoms with Crippen LogP contribution >= 0.6 is 0 Å². The van der Waals surface area contributed by atoms with E-state index >= 15 is 0 Å². The molecular formula is C10H18N2. The van der Waals surface area contributed by atoms with Crippen molar-refractivity contribution in [3.05, 3.63) is 35.4 Å². The zero-order chi connectivity index (χ0) is 9.40. The molecule has 0 amide bonds. The summed E-state index contributed by atoms with van der Waals surface area (Å²) in [6, 6.07) is 8.25. The second kappa shape index (κ2) is 6.83. The highest BCUT2D eigenvalue weighted by molar-refractivity contribution is 5.20. The SMILES string of the molecule is CNC.Cc1ccc(CN)cc1. The lowest BCUT2D eigenvalue weighted by atomic mass is 10.2. The number of rotatable bonds is 1. The van der Waals surface area contributed by atoms with Crippen molar-refractivity contribution >= 4 is 0 Å². The predicted octanol–water partition coefficient (Wildman–Crippen LogP) is 1.29. The van der Waals surface area contributed by atoms with Crippen LogP contribution in [0, 0.1) is 6.92 Å². The zero-order valence-electron chi connectivity index (χ0n) is 8.09. The van der Waals surface area contributed by atoms with Crippen molar-refractivity contribution in [1.82, 2.24) is 5.32 Å². The van der Waals surface area contributed by atoms with Crippen LogP contribution in [0.4, 0.5) is 0 Å². The van der Waals surface area contributed by atoms with Crippen LogP contribution in [0.3, 0.4) is 0 Å². The van der Waals surface area contributed by atoms with E-state index in [4.69, 9.17) is 5.73 Å². The number of hydrogen-bond acceptors (Lipinski definition) is 2. The lowest BCUT2D eigenvalue weighted by Crippen LogP contribution is -1.94. The molecule has 0 bridgehead atoms. The van der Waals surface area contributed by atoms with Crippen LogP contribution in [0.15, 0.2) is 24.3 Å². The van der Waals surface area contributed by atoms with E-state index in [9.17, 15) is 0 Å². The molecule has 0 unspecified atom stereocenters. The van der Waals surface area contributed by atoms with Crippen LogP contribution in [0.25, 0.3) is 0 Å². The van der Waals surface area contributed by atoms with Crippen LogP contribution in [0.2, 0.25) is 0 Å². The minimum absolute atomic E-state index is 0.639. The quantitative estimate of drug-likeness (QED) is 0.659. The molecule has 2 nitrogen and oxygen atoms in total. The smallest absolute Gasteiger partial charge is 0.0178 e. The summed E-state index contributed by atoms with van der Waals surface area (Å²) in [6.45, 7) is 2.71. The highest BCUT2D eigenvalue weighted by atomic mass is 14.7. The van der Waals surface area contributed by atoms with Crippen LogP contribution in [0.1, 0.15) is 11.1 Å². The van der Waals surface area contributed by atoms with E-state index in [1.807, 2.05) is 14.1 Å². The molecule has 3 N–H and O–H groups in total. The Bertz CT molecular complexity index is 191. The Morgan fingerprint density at radius 2 is 1.58 bits per heavy atom. The second-order valence-electron chi connectivity index (χ2n) is 2.69. The average Bonchev–Trinajstić information content (AvgIpc) is 2.07. The number of hydrogen-bond donors (Lipinski definition) is 2. The summed E-state index contributed by atoms with van der Waals surface area (Å²) in [6.07, 6.45) is 0. The van der Waals surface area contributed by atoms with Crippen LogP contribution in [0.5, 0.6) is 0 Å². The third-order valence-electron chi connectivity index (χ3n) is 1.36. The topological polar surface area (TPSA) is 38.0 Å². The summed E-state index contributed by atoms with van der Waals surface area (Å²) in [7, 11) is 3.75. The molecular weight excluding hydrogens is 148 g/mol. The Morgan fingerprint density at radius 1 is 1.17 bits per heavy atom. The summed E-state index contributed by atoms with van der Waals surface area (Å²) in [5, 5.41) is 2.75. The van der Waals surface area contributed by atoms with Crippen molar-refractivity contribution in [3.8, 4) is 0 Å². The summed E-state index contributed by atoms with van der Waals surface area (Å²) in [4.78, 5) is 0. The van der Waals surface area contributed by atoms with E-state index in [1.165, 1.54) is 11.1 Å². The van der Waals surface area contributed by atoms with Crippen molar-refractivity contribution in [2.45, 2.75) is 13.5 Å². The van der Waals surface area contributed by atoms with Gasteiger partial charge < -0.3 is 11.1 Å². The molecule has 0 atom stereocenters. The molecule has 0 heterocycles. The molecule has 68 valence electrons. The number of nitrogens with one attached hydrogen (secondary N) is 1. The van der Waals surface area contributed by atoms with Gasteiger partial charge in [0.25, 0.3) is 0 Å². The largest absolute Gasteiger partial charge is 0.326 e. The Kier molecular flexibility index (Phi) is 6.34. The lowest BCUT2D eigenvalue weighted by molar-refractivity contribution is 1.02. The first-order valence-corrected chi connectivity index (χ1v) is 4.08. The first kappa shape index (κ1) is 11.1. The molecule has 1 aromatic carbocycles. The van der Waals surface area contributed by atoms with Gasteiger partial charge in [-0.25, -0.2) is 0 Å². The van der Waals surface area contributed by atoms with Gasteiger partial charge >= 0.3 is 0 Å². The van der Waals surface area contributed by atoms with Gasteiger partial charge in [-0.05, 0) is 26.6 Å². The van der Waals surface area contributed by atoms with Gasteiger partial charge in [0.15, 0.2) is 0 Å². The lowest BCUT2D eigenvalue weighted by Gasteiger charge is -1.94. The van der Waals surface area contributed by atoms with Gasteiger partial charge in [-0.3, -0.25) is 0 Å². The summed E-state index contributed by atoms with van der Waals surface area (Å²) >= 11 is 0. The Labute approximate surface area is 74.8 Å². The molecule has 12 heavy (non-hydrogen) atoms. The van der Waals surface area contributed by atoms with Crippen molar-refractivity contribution in [2.24, 2.45) is 5.73 Å². The van der Waals surface area contributed by atoms with E-state index in [1.54, 1.807) is 0 Å². The number of benzene rings is 1. The molecule has 0 fully saturated rings. The summed E-state index contributed by atoms with van der Waals surface area (Å²) in [5.74, 6) is 0. The van der Waals surface area contributed by atoms with Crippen LogP contribution < -0.4 is 11.1 Å². The Hall–Kier alpha value is -0.860. The monoisotopic (exact) mass is 166 g/mol. The second-order valence-corrected chi connectivity index (χ2v) is 2.69. The first-order valence-electron chi connectivity index (χ1n) is 4.08. The van der Waals surface area contributed by atoms with Crippen molar-refractivity contribution in [3.63, 3.8) is 0 Å². The maximum absolute atomic E-state index is 5.40. The molecule has 2 heteroatoms. The minimum Gasteiger partial charge on any atom is -0.326 e. The molecule has 0 radical (unpaired) electrons. The van der Waals surface area contributed by atoms with Gasteiger partial charge in [0, 0.05) is 6.54 Å². The Balaban J connectivity index is 0.000000354. The van der Waals surface area contributed by atoms with Gasteiger partial charge in [0.1, 0.15) is 0 Å². The van der Waals surface area contributed by atoms with E-state index in [0.717, 1.165) is 0 Å². The average molecular weight is 166 g/mol. The third-order valence-corrected chi connectivity index (χ3v) is 1.36. The van der Waals surface area contributed by atoms with Crippen LogP contribution in [-0.4, -0.2) is 14.1 Å². The molecule has 0 saturated heterocycles. The van der Waals surface area contributed by atoms with Crippen molar-refractivity contribution in [2.75, 3.05) is 14.1 Å². The fourth-order valence-electron chi connectivity index (χ4n) is 0.724. The van der Waals surface area contributed by atoms with Crippen LogP contribution in [-0.2, 0) is 6.54 Å². The fourth-order valence-corrected chi connectivity index (χ4v) is 0.724. The summed E-state index contributed by atoms with van der Waals surface area (Å²) < 4.78 is 0. The molecule has 0 spiro atoms. The molecule has 0 aliphatic rings. The molecule has 1 aromatic rings. The molecule has 0 aromatic heterocycles. The maximum Gasteiger partial charge on any atom is 0.0178 e. The molecule has 0 saturated carbocycles. The summed E-state index contributed by atoms with van der Waals surface area (Å²) in [5.41, 5.74) is 7.88. The van der Waals surface area contributed by atoms with Crippen molar-refractivity contribution < 1.29 is 0 Å². The Morgan fingerprint density at radius 3 is 1.92 bits per heavy atom. The third kappa shape index (κ3) is 4.88.